The Morgan fingerprint density at radius 3 is 1.77 bits per heavy atom. The fraction of sp³-hybridized carbons (Fsp3) is 0.706. The summed E-state index contributed by atoms with van der Waals surface area (Å²) >= 11 is 8.02. The first kappa shape index (κ1) is 28.0. The predicted molar refractivity (Wildman–Crippen MR) is 115 cm³/mol. The molecule has 0 spiro atoms. The van der Waals surface area contributed by atoms with Crippen molar-refractivity contribution in [1.29, 1.82) is 0 Å². The highest BCUT2D eigenvalue weighted by molar-refractivity contribution is 7.80. The number of amides is 3. The lowest BCUT2D eigenvalue weighted by Crippen LogP contribution is -2.58. The Morgan fingerprint density at radius 1 is 0.900 bits per heavy atom. The Kier molecular flexibility index (Phi) is 13.2. The molecule has 172 valence electrons. The molecule has 0 aliphatic rings. The predicted octanol–water partition coefficient (Wildman–Crippen LogP) is -1.38. The van der Waals surface area contributed by atoms with E-state index in [9.17, 15) is 29.1 Å². The van der Waals surface area contributed by atoms with Gasteiger partial charge in [0.05, 0.1) is 6.04 Å². The van der Waals surface area contributed by atoms with Crippen LogP contribution in [0.15, 0.2) is 0 Å². The Hall–Kier alpha value is -1.99. The quantitative estimate of drug-likeness (QED) is 0.144. The summed E-state index contributed by atoms with van der Waals surface area (Å²) in [6, 6.07) is -4.55. The van der Waals surface area contributed by atoms with Gasteiger partial charge in [0, 0.05) is 17.9 Å². The third-order valence-corrected chi connectivity index (χ3v) is 5.14. The van der Waals surface area contributed by atoms with Crippen molar-refractivity contribution < 1.29 is 34.2 Å². The SMILES string of the molecule is CCC(C)C(NC(=O)C(CS)NC(=O)C(CS)NC(=O)C(N)CCC(=O)O)C(=O)O. The Bertz CT molecular complexity index is 635. The van der Waals surface area contributed by atoms with E-state index in [4.69, 9.17) is 10.8 Å². The maximum atomic E-state index is 12.4. The van der Waals surface area contributed by atoms with Gasteiger partial charge in [-0.3, -0.25) is 19.2 Å². The molecule has 30 heavy (non-hydrogen) atoms. The molecule has 11 nitrogen and oxygen atoms in total. The van der Waals surface area contributed by atoms with E-state index >= 15 is 0 Å². The number of hydrogen-bond acceptors (Lipinski definition) is 8. The number of nitrogens with two attached hydrogens (primary N) is 1. The molecule has 0 aliphatic carbocycles. The van der Waals surface area contributed by atoms with Crippen LogP contribution in [0.4, 0.5) is 0 Å². The van der Waals surface area contributed by atoms with Crippen molar-refractivity contribution in [3.63, 3.8) is 0 Å². The van der Waals surface area contributed by atoms with Crippen LogP contribution in [0, 0.1) is 5.92 Å². The zero-order chi connectivity index (χ0) is 23.4. The number of carboxylic acids is 2. The Morgan fingerprint density at radius 2 is 1.37 bits per heavy atom. The molecule has 0 radical (unpaired) electrons. The molecule has 7 N–H and O–H groups in total. The van der Waals surface area contributed by atoms with Crippen LogP contribution in [0.25, 0.3) is 0 Å². The van der Waals surface area contributed by atoms with Crippen LogP contribution in [0.1, 0.15) is 33.1 Å². The number of carboxylic acid groups (broad SMARTS) is 2. The van der Waals surface area contributed by atoms with E-state index in [1.165, 1.54) is 0 Å². The van der Waals surface area contributed by atoms with Gasteiger partial charge in [0.25, 0.3) is 0 Å². The molecule has 0 saturated carbocycles. The topological polar surface area (TPSA) is 188 Å². The molecular formula is C17H30N4O7S2. The van der Waals surface area contributed by atoms with E-state index in [0.29, 0.717) is 6.42 Å². The number of aliphatic carboxylic acids is 2. The second kappa shape index (κ2) is 14.1. The summed E-state index contributed by atoms with van der Waals surface area (Å²) in [5.74, 6) is -5.08. The van der Waals surface area contributed by atoms with Crippen molar-refractivity contribution >= 4 is 54.9 Å². The van der Waals surface area contributed by atoms with Crippen molar-refractivity contribution in [2.24, 2.45) is 11.7 Å². The molecule has 0 bridgehead atoms. The highest BCUT2D eigenvalue weighted by Crippen LogP contribution is 2.08. The van der Waals surface area contributed by atoms with Gasteiger partial charge in [0.1, 0.15) is 18.1 Å². The molecular weight excluding hydrogens is 436 g/mol. The standard InChI is InChI=1S/C17H30N4O7S2/c1-3-8(2)13(17(27)28)21-16(26)11(7-30)20-15(25)10(6-29)19-14(24)9(18)4-5-12(22)23/h8-11,13,29-30H,3-7,18H2,1-2H3,(H,19,24)(H,20,25)(H,21,26)(H,22,23)(H,27,28). The van der Waals surface area contributed by atoms with E-state index in [1.807, 2.05) is 0 Å². The summed E-state index contributed by atoms with van der Waals surface area (Å²) < 4.78 is 0. The molecule has 0 heterocycles. The maximum Gasteiger partial charge on any atom is 0.326 e. The second-order valence-electron chi connectivity index (χ2n) is 6.74. The van der Waals surface area contributed by atoms with E-state index in [0.717, 1.165) is 0 Å². The first-order chi connectivity index (χ1) is 14.0. The molecule has 13 heteroatoms. The van der Waals surface area contributed by atoms with Gasteiger partial charge in [-0.05, 0) is 12.3 Å². The molecule has 0 rings (SSSR count). The molecule has 0 fully saturated rings. The lowest BCUT2D eigenvalue weighted by atomic mass is 9.99. The van der Waals surface area contributed by atoms with E-state index in [-0.39, 0.29) is 30.3 Å². The monoisotopic (exact) mass is 466 g/mol. The lowest BCUT2D eigenvalue weighted by molar-refractivity contribution is -0.143. The van der Waals surface area contributed by atoms with Crippen LogP contribution in [-0.4, -0.2) is 75.5 Å². The van der Waals surface area contributed by atoms with Gasteiger partial charge >= 0.3 is 11.9 Å². The van der Waals surface area contributed by atoms with Crippen molar-refractivity contribution in [3.05, 3.63) is 0 Å². The van der Waals surface area contributed by atoms with Gasteiger partial charge in [-0.2, -0.15) is 25.3 Å². The highest BCUT2D eigenvalue weighted by atomic mass is 32.1. The summed E-state index contributed by atoms with van der Waals surface area (Å²) in [7, 11) is 0. The largest absolute Gasteiger partial charge is 0.481 e. The van der Waals surface area contributed by atoms with Crippen LogP contribution in [0.5, 0.6) is 0 Å². The summed E-state index contributed by atoms with van der Waals surface area (Å²) in [6.45, 7) is 3.46. The van der Waals surface area contributed by atoms with Gasteiger partial charge in [0.2, 0.25) is 17.7 Å². The smallest absolute Gasteiger partial charge is 0.326 e. The van der Waals surface area contributed by atoms with Gasteiger partial charge in [-0.1, -0.05) is 20.3 Å². The van der Waals surface area contributed by atoms with E-state index in [2.05, 4.69) is 41.2 Å². The number of carbonyl (C=O) groups is 5. The van der Waals surface area contributed by atoms with Gasteiger partial charge in [-0.15, -0.1) is 0 Å². The normalized spacial score (nSPS) is 15.8. The molecule has 3 amide bonds. The van der Waals surface area contributed by atoms with Crippen LogP contribution < -0.4 is 21.7 Å². The zero-order valence-corrected chi connectivity index (χ0v) is 18.6. The molecule has 5 unspecified atom stereocenters. The number of carbonyl (C=O) groups excluding carboxylic acids is 3. The second-order valence-corrected chi connectivity index (χ2v) is 7.47. The average molecular weight is 467 g/mol. The van der Waals surface area contributed by atoms with E-state index < -0.39 is 53.8 Å². The molecule has 0 aliphatic heterocycles. The minimum Gasteiger partial charge on any atom is -0.481 e. The van der Waals surface area contributed by atoms with Crippen LogP contribution in [0.2, 0.25) is 0 Å². The number of thiol groups is 2. The molecule has 0 aromatic carbocycles. The summed E-state index contributed by atoms with van der Waals surface area (Å²) in [5, 5.41) is 25.1. The van der Waals surface area contributed by atoms with Gasteiger partial charge < -0.3 is 31.9 Å². The Labute approximate surface area is 185 Å². The summed E-state index contributed by atoms with van der Waals surface area (Å²) in [5.41, 5.74) is 5.60. The van der Waals surface area contributed by atoms with Gasteiger partial charge in [0.15, 0.2) is 0 Å². The van der Waals surface area contributed by atoms with E-state index in [1.54, 1.807) is 13.8 Å². The fourth-order valence-electron chi connectivity index (χ4n) is 2.29. The van der Waals surface area contributed by atoms with Crippen molar-refractivity contribution in [2.75, 3.05) is 11.5 Å². The molecule has 0 saturated heterocycles. The van der Waals surface area contributed by atoms with Crippen LogP contribution >= 0.6 is 25.3 Å². The lowest BCUT2D eigenvalue weighted by Gasteiger charge is -2.25. The fourth-order valence-corrected chi connectivity index (χ4v) is 2.80. The number of hydrogen-bond donors (Lipinski definition) is 8. The summed E-state index contributed by atoms with van der Waals surface area (Å²) in [4.78, 5) is 58.8. The number of nitrogens with one attached hydrogen (secondary N) is 3. The number of rotatable bonds is 14. The van der Waals surface area contributed by atoms with Crippen LogP contribution in [-0.2, 0) is 24.0 Å². The van der Waals surface area contributed by atoms with Crippen molar-refractivity contribution in [3.8, 4) is 0 Å². The molecule has 0 aromatic heterocycles. The molecule has 0 aromatic rings. The summed E-state index contributed by atoms with van der Waals surface area (Å²) in [6.07, 6.45) is 0.0934. The molecule has 5 atom stereocenters. The zero-order valence-electron chi connectivity index (χ0n) is 16.8. The average Bonchev–Trinajstić information content (AvgIpc) is 2.70. The minimum atomic E-state index is -1.20. The van der Waals surface area contributed by atoms with Crippen molar-refractivity contribution in [2.45, 2.75) is 57.3 Å². The minimum absolute atomic E-state index is 0.115. The first-order valence-electron chi connectivity index (χ1n) is 9.31. The first-order valence-corrected chi connectivity index (χ1v) is 10.6. The Balaban J connectivity index is 5.00. The third-order valence-electron chi connectivity index (χ3n) is 4.41. The van der Waals surface area contributed by atoms with Gasteiger partial charge in [-0.25, -0.2) is 4.79 Å². The van der Waals surface area contributed by atoms with Crippen LogP contribution in [0.3, 0.4) is 0 Å². The maximum absolute atomic E-state index is 12.4. The van der Waals surface area contributed by atoms with Crippen molar-refractivity contribution in [1.82, 2.24) is 16.0 Å². The highest BCUT2D eigenvalue weighted by Gasteiger charge is 2.31. The third kappa shape index (κ3) is 9.67.